The molecule has 298 valence electrons. The highest BCUT2D eigenvalue weighted by Gasteiger charge is 2.23. The first-order valence-corrected chi connectivity index (χ1v) is 18.4. The molecular weight excluding hydrogens is 827 g/mol. The lowest BCUT2D eigenvalue weighted by molar-refractivity contribution is -0.432. The van der Waals surface area contributed by atoms with Crippen LogP contribution in [0.25, 0.3) is 10.8 Å². The number of carbonyl (C=O) groups is 1. The van der Waals surface area contributed by atoms with Crippen molar-refractivity contribution < 1.29 is 80.4 Å². The highest BCUT2D eigenvalue weighted by atomic mass is 32.2. The van der Waals surface area contributed by atoms with Crippen molar-refractivity contribution in [3.05, 3.63) is 60.2 Å². The minimum atomic E-state index is -5.02. The zero-order valence-corrected chi connectivity index (χ0v) is 30.8. The van der Waals surface area contributed by atoms with Crippen molar-refractivity contribution in [1.29, 1.82) is 0 Å². The molecule has 1 aromatic heterocycles. The number of hydrogen-bond donors (Lipinski definition) is 8. The number of ether oxygens (including phenoxy) is 2. The Balaban J connectivity index is 1.53. The van der Waals surface area contributed by atoms with Crippen LogP contribution in [0, 0.1) is 0 Å². The van der Waals surface area contributed by atoms with Crippen molar-refractivity contribution in [2.45, 2.75) is 14.7 Å². The summed E-state index contributed by atoms with van der Waals surface area (Å²) in [6.07, 6.45) is 0. The smallest absolute Gasteiger partial charge is 0.338 e. The summed E-state index contributed by atoms with van der Waals surface area (Å²) in [5.41, 5.74) is -2.62. The topological polar surface area (TPSA) is 371 Å². The molecule has 0 unspecified atom stereocenters. The summed E-state index contributed by atoms with van der Waals surface area (Å²) in [6, 6.07) is 8.93. The number of rotatable bonds is 14. The van der Waals surface area contributed by atoms with E-state index < -0.39 is 81.9 Å². The van der Waals surface area contributed by atoms with Gasteiger partial charge in [-0.25, -0.2) is 10.1 Å². The second-order valence-corrected chi connectivity index (χ2v) is 14.3. The Hall–Kier alpha value is -6.59. The van der Waals surface area contributed by atoms with Crippen LogP contribution in [-0.2, 0) is 29.6 Å². The minimum Gasteiger partial charge on any atom is -0.507 e. The molecule has 0 aliphatic rings. The van der Waals surface area contributed by atoms with Crippen LogP contribution in [0.1, 0.15) is 10.4 Å². The molecule has 0 fully saturated rings. The minimum absolute atomic E-state index is 0.0583. The number of nitrogens with zero attached hydrogens (tertiary/aromatic N) is 7. The SMILES string of the molecule is COc1cc(N=Nc2c(SOOO)cc3cc(S(=O)(=O)O)cc(O)c3c2O)c(OC)cc1N=Nc1ccc(N=Nc2c(C(=O)O)cc(O)nc2O)cc1S(=O)(=O)O. The molecule has 0 saturated heterocycles. The first-order valence-electron chi connectivity index (χ1n) is 14.8. The molecule has 0 spiro atoms. The number of pyridine rings is 1. The lowest BCUT2D eigenvalue weighted by Crippen LogP contribution is -1.98. The first kappa shape index (κ1) is 41.6. The van der Waals surface area contributed by atoms with Crippen LogP contribution in [0.3, 0.4) is 0 Å². The second kappa shape index (κ2) is 16.6. The van der Waals surface area contributed by atoms with Gasteiger partial charge in [-0.05, 0) is 35.7 Å². The molecule has 0 aliphatic heterocycles. The van der Waals surface area contributed by atoms with E-state index >= 15 is 0 Å². The van der Waals surface area contributed by atoms with Crippen LogP contribution in [0.5, 0.6) is 34.8 Å². The Labute approximate surface area is 322 Å². The Morgan fingerprint density at radius 3 is 1.93 bits per heavy atom. The van der Waals surface area contributed by atoms with E-state index in [1.165, 1.54) is 26.4 Å². The first-order chi connectivity index (χ1) is 26.9. The normalized spacial score (nSPS) is 12.3. The van der Waals surface area contributed by atoms with Gasteiger partial charge in [-0.15, -0.1) is 29.9 Å². The molecule has 1 heterocycles. The average Bonchev–Trinajstić information content (AvgIpc) is 3.14. The summed E-state index contributed by atoms with van der Waals surface area (Å²) in [4.78, 5) is 13.1. The number of benzene rings is 4. The van der Waals surface area contributed by atoms with Gasteiger partial charge in [0.05, 0.1) is 52.7 Å². The molecule has 5 rings (SSSR count). The third-order valence-corrected chi connectivity index (χ3v) is 9.57. The van der Waals surface area contributed by atoms with Gasteiger partial charge in [0, 0.05) is 24.3 Å². The van der Waals surface area contributed by atoms with Crippen LogP contribution >= 0.6 is 12.0 Å². The van der Waals surface area contributed by atoms with Gasteiger partial charge >= 0.3 is 5.97 Å². The zero-order valence-electron chi connectivity index (χ0n) is 28.3. The van der Waals surface area contributed by atoms with E-state index in [0.29, 0.717) is 12.1 Å². The Morgan fingerprint density at radius 2 is 1.35 bits per heavy atom. The molecule has 27 heteroatoms. The standard InChI is InChI=1S/C30H23N7O17S3/c1-51-20-11-18(35-37-27-22(55-54-53-44)6-12-5-14(56(45,46)47)8-19(38)25(12)28(27)40)21(52-2)10-17(20)34-33-16-4-3-13(7-23(16)57(48,49)50)32-36-26-15(30(42)43)9-24(39)31-29(26)41/h3-11,38,40,44H,1-2H3,(H,42,43)(H2,31,39,41)(H,45,46,47)(H,48,49,50). The van der Waals surface area contributed by atoms with Crippen molar-refractivity contribution in [1.82, 2.24) is 4.98 Å². The molecule has 57 heavy (non-hydrogen) atoms. The number of hydrogen-bond acceptors (Lipinski definition) is 22. The van der Waals surface area contributed by atoms with Crippen LogP contribution in [-0.4, -0.2) is 81.9 Å². The molecule has 24 nitrogen and oxygen atoms in total. The molecule has 8 N–H and O–H groups in total. The predicted octanol–water partition coefficient (Wildman–Crippen LogP) is 6.94. The maximum Gasteiger partial charge on any atom is 0.338 e. The predicted molar refractivity (Wildman–Crippen MR) is 191 cm³/mol. The lowest BCUT2D eigenvalue weighted by Gasteiger charge is -2.12. The number of phenolic OH excluding ortho intramolecular Hbond substituents is 2. The molecule has 4 aromatic carbocycles. The largest absolute Gasteiger partial charge is 0.507 e. The maximum atomic E-state index is 12.3. The number of carboxylic acids is 1. The van der Waals surface area contributed by atoms with Crippen molar-refractivity contribution in [3.8, 4) is 34.8 Å². The summed E-state index contributed by atoms with van der Waals surface area (Å²) in [5.74, 6) is -5.05. The third kappa shape index (κ3) is 9.28. The summed E-state index contributed by atoms with van der Waals surface area (Å²) >= 11 is 0.286. The fourth-order valence-electron chi connectivity index (χ4n) is 4.77. The highest BCUT2D eigenvalue weighted by Crippen LogP contribution is 2.48. The third-order valence-electron chi connectivity index (χ3n) is 7.24. The fraction of sp³-hybridized carbons (Fsp3) is 0.0667. The number of aromatic hydroxyl groups is 4. The van der Waals surface area contributed by atoms with E-state index in [9.17, 15) is 56.3 Å². The average molecular weight is 850 g/mol. The molecule has 0 saturated carbocycles. The van der Waals surface area contributed by atoms with Gasteiger partial charge in [0.1, 0.15) is 44.9 Å². The number of methoxy groups -OCH3 is 2. The van der Waals surface area contributed by atoms with Crippen molar-refractivity contribution in [2.75, 3.05) is 14.2 Å². The number of aromatic nitrogens is 1. The Kier molecular flexibility index (Phi) is 12.1. The second-order valence-electron chi connectivity index (χ2n) is 10.7. The zero-order chi connectivity index (χ0) is 41.8. The van der Waals surface area contributed by atoms with E-state index in [1.54, 1.807) is 0 Å². The van der Waals surface area contributed by atoms with Gasteiger partial charge in [-0.1, -0.05) is 5.04 Å². The van der Waals surface area contributed by atoms with E-state index in [1.807, 2.05) is 0 Å². The van der Waals surface area contributed by atoms with Crippen LogP contribution < -0.4 is 9.47 Å². The summed E-state index contributed by atoms with van der Waals surface area (Å²) < 4.78 is 82.5. The molecule has 0 atom stereocenters. The number of azo groups is 3. The van der Waals surface area contributed by atoms with E-state index in [0.717, 1.165) is 30.3 Å². The van der Waals surface area contributed by atoms with Gasteiger partial charge in [0.15, 0.2) is 11.4 Å². The van der Waals surface area contributed by atoms with Crippen molar-refractivity contribution in [3.63, 3.8) is 0 Å². The van der Waals surface area contributed by atoms with Gasteiger partial charge in [-0.3, -0.25) is 9.11 Å². The van der Waals surface area contributed by atoms with E-state index in [2.05, 4.69) is 45.0 Å². The Morgan fingerprint density at radius 1 is 0.737 bits per heavy atom. The van der Waals surface area contributed by atoms with Crippen molar-refractivity contribution in [2.24, 2.45) is 30.7 Å². The molecule has 0 aliphatic carbocycles. The molecule has 0 bridgehead atoms. The number of phenols is 2. The Bertz CT molecular complexity index is 2750. The quantitative estimate of drug-likeness (QED) is 0.0184. The van der Waals surface area contributed by atoms with E-state index in [-0.39, 0.29) is 56.3 Å². The highest BCUT2D eigenvalue weighted by molar-refractivity contribution is 7.94. The summed E-state index contributed by atoms with van der Waals surface area (Å²) in [6.45, 7) is 0. The number of carboxylic acid groups (broad SMARTS) is 1. The van der Waals surface area contributed by atoms with Crippen molar-refractivity contribution >= 4 is 83.1 Å². The maximum absolute atomic E-state index is 12.3. The molecular formula is C30H23N7O17S3. The number of aromatic carboxylic acids is 1. The monoisotopic (exact) mass is 849 g/mol. The molecule has 5 aromatic rings. The van der Waals surface area contributed by atoms with Gasteiger partial charge in [0.2, 0.25) is 11.8 Å². The summed E-state index contributed by atoms with van der Waals surface area (Å²) in [7, 11) is -7.35. The fourth-order valence-corrected chi connectivity index (χ4v) is 6.44. The lowest BCUT2D eigenvalue weighted by atomic mass is 10.1. The van der Waals surface area contributed by atoms with Crippen LogP contribution in [0.15, 0.2) is 100.0 Å². The van der Waals surface area contributed by atoms with Crippen LogP contribution in [0.4, 0.5) is 34.1 Å². The van der Waals surface area contributed by atoms with Gasteiger partial charge in [0.25, 0.3) is 20.2 Å². The van der Waals surface area contributed by atoms with E-state index in [4.69, 9.17) is 14.7 Å². The molecule has 0 radical (unpaired) electrons. The summed E-state index contributed by atoms with van der Waals surface area (Å²) in [5, 5.41) is 85.5. The molecule has 0 amide bonds. The number of fused-ring (bicyclic) bond motifs is 1. The van der Waals surface area contributed by atoms with Gasteiger partial charge < -0.3 is 35.0 Å². The van der Waals surface area contributed by atoms with Gasteiger partial charge in [-0.2, -0.15) is 26.9 Å². The van der Waals surface area contributed by atoms with Crippen LogP contribution in [0.2, 0.25) is 0 Å².